The molecular weight excluding hydrogens is 246 g/mol. The monoisotopic (exact) mass is 261 g/mol. The zero-order valence-electron chi connectivity index (χ0n) is 10.2. The Labute approximate surface area is 110 Å². The van der Waals surface area contributed by atoms with Crippen LogP contribution in [0.5, 0.6) is 0 Å². The molecule has 0 radical (unpaired) electrons. The minimum atomic E-state index is 0.0266. The Kier molecular flexibility index (Phi) is 4.41. The first-order valence-corrected chi connectivity index (χ1v) is 6.84. The van der Waals surface area contributed by atoms with Crippen molar-refractivity contribution in [1.82, 2.24) is 9.97 Å². The number of pyridine rings is 1. The van der Waals surface area contributed by atoms with Gasteiger partial charge < -0.3 is 5.32 Å². The zero-order valence-corrected chi connectivity index (χ0v) is 11.0. The molecule has 1 N–H and O–H groups in total. The molecule has 0 saturated carbocycles. The summed E-state index contributed by atoms with van der Waals surface area (Å²) in [5.41, 5.74) is 1.62. The van der Waals surface area contributed by atoms with Crippen molar-refractivity contribution >= 4 is 22.4 Å². The van der Waals surface area contributed by atoms with Gasteiger partial charge in [0.2, 0.25) is 5.91 Å². The summed E-state index contributed by atoms with van der Waals surface area (Å²) in [6.07, 6.45) is 4.21. The van der Waals surface area contributed by atoms with Crippen molar-refractivity contribution in [2.75, 3.05) is 5.32 Å². The molecule has 0 saturated heterocycles. The summed E-state index contributed by atoms with van der Waals surface area (Å²) >= 11 is 1.42. The van der Waals surface area contributed by atoms with E-state index in [1.165, 1.54) is 11.3 Å². The van der Waals surface area contributed by atoms with Gasteiger partial charge in [-0.25, -0.2) is 4.98 Å². The molecule has 0 aromatic carbocycles. The highest BCUT2D eigenvalue weighted by atomic mass is 32.1. The number of hydrogen-bond acceptors (Lipinski definition) is 4. The Morgan fingerprint density at radius 1 is 1.39 bits per heavy atom. The maximum absolute atomic E-state index is 11.6. The van der Waals surface area contributed by atoms with E-state index in [0.29, 0.717) is 11.6 Å². The molecule has 0 atom stereocenters. The van der Waals surface area contributed by atoms with Crippen LogP contribution >= 0.6 is 11.3 Å². The Morgan fingerprint density at radius 3 is 3.00 bits per heavy atom. The van der Waals surface area contributed by atoms with E-state index in [1.807, 2.05) is 23.6 Å². The number of hydrogen-bond donors (Lipinski definition) is 1. The third-order valence-electron chi connectivity index (χ3n) is 2.44. The van der Waals surface area contributed by atoms with Crippen LogP contribution in [0.25, 0.3) is 11.4 Å². The van der Waals surface area contributed by atoms with Gasteiger partial charge in [0.15, 0.2) is 5.13 Å². The number of rotatable bonds is 5. The number of amides is 1. The van der Waals surface area contributed by atoms with Gasteiger partial charge in [-0.3, -0.25) is 9.78 Å². The van der Waals surface area contributed by atoms with Gasteiger partial charge >= 0.3 is 0 Å². The third-order valence-corrected chi connectivity index (χ3v) is 3.19. The van der Waals surface area contributed by atoms with E-state index in [0.717, 1.165) is 24.2 Å². The van der Waals surface area contributed by atoms with E-state index < -0.39 is 0 Å². The second kappa shape index (κ2) is 6.26. The summed E-state index contributed by atoms with van der Waals surface area (Å²) < 4.78 is 0. The van der Waals surface area contributed by atoms with Crippen molar-refractivity contribution in [3.05, 3.63) is 29.8 Å². The number of carbonyl (C=O) groups is 1. The van der Waals surface area contributed by atoms with Crippen LogP contribution in [0.4, 0.5) is 5.13 Å². The molecule has 2 heterocycles. The van der Waals surface area contributed by atoms with Crippen molar-refractivity contribution in [2.45, 2.75) is 26.2 Å². The molecule has 2 rings (SSSR count). The Bertz CT molecular complexity index is 510. The van der Waals surface area contributed by atoms with E-state index in [1.54, 1.807) is 6.20 Å². The number of anilines is 1. The van der Waals surface area contributed by atoms with Gasteiger partial charge in [-0.2, -0.15) is 0 Å². The van der Waals surface area contributed by atoms with E-state index >= 15 is 0 Å². The van der Waals surface area contributed by atoms with Gasteiger partial charge in [-0.05, 0) is 18.6 Å². The quantitative estimate of drug-likeness (QED) is 0.898. The molecule has 0 bridgehead atoms. The summed E-state index contributed by atoms with van der Waals surface area (Å²) in [7, 11) is 0. The first-order chi connectivity index (χ1) is 8.79. The van der Waals surface area contributed by atoms with Gasteiger partial charge in [0.25, 0.3) is 0 Å². The van der Waals surface area contributed by atoms with E-state index in [9.17, 15) is 4.79 Å². The van der Waals surface area contributed by atoms with E-state index in [-0.39, 0.29) is 5.91 Å². The van der Waals surface area contributed by atoms with Crippen LogP contribution in [-0.2, 0) is 4.79 Å². The fourth-order valence-corrected chi connectivity index (χ4v) is 2.20. The summed E-state index contributed by atoms with van der Waals surface area (Å²) in [5, 5.41) is 5.34. The molecule has 0 spiro atoms. The van der Waals surface area contributed by atoms with Crippen LogP contribution < -0.4 is 5.32 Å². The van der Waals surface area contributed by atoms with Crippen LogP contribution in [0.15, 0.2) is 29.8 Å². The third kappa shape index (κ3) is 3.37. The molecule has 2 aromatic rings. The molecule has 94 valence electrons. The standard InChI is InChI=1S/C13H15N3OS/c1-2-3-7-12(17)16-13-15-11(9-18-13)10-6-4-5-8-14-10/h4-6,8-9H,2-3,7H2,1H3,(H,15,16,17). The van der Waals surface area contributed by atoms with Crippen molar-refractivity contribution in [1.29, 1.82) is 0 Å². The SMILES string of the molecule is CCCCC(=O)Nc1nc(-c2ccccn2)cs1. The van der Waals surface area contributed by atoms with Crippen molar-refractivity contribution in [3.63, 3.8) is 0 Å². The normalized spacial score (nSPS) is 10.3. The molecular formula is C13H15N3OS. The molecule has 0 unspecified atom stereocenters. The summed E-state index contributed by atoms with van der Waals surface area (Å²) in [6, 6.07) is 5.68. The van der Waals surface area contributed by atoms with E-state index in [4.69, 9.17) is 0 Å². The Morgan fingerprint density at radius 2 is 2.28 bits per heavy atom. The van der Waals surface area contributed by atoms with Gasteiger partial charge in [0.05, 0.1) is 5.69 Å². The fraction of sp³-hybridized carbons (Fsp3) is 0.308. The fourth-order valence-electron chi connectivity index (χ4n) is 1.48. The Balaban J connectivity index is 2.00. The summed E-state index contributed by atoms with van der Waals surface area (Å²) in [6.45, 7) is 2.07. The lowest BCUT2D eigenvalue weighted by Gasteiger charge is -1.99. The summed E-state index contributed by atoms with van der Waals surface area (Å²) in [4.78, 5) is 20.1. The van der Waals surface area contributed by atoms with Crippen molar-refractivity contribution in [2.24, 2.45) is 0 Å². The maximum atomic E-state index is 11.6. The first kappa shape index (κ1) is 12.7. The number of aromatic nitrogens is 2. The highest BCUT2D eigenvalue weighted by Gasteiger charge is 2.07. The smallest absolute Gasteiger partial charge is 0.226 e. The van der Waals surface area contributed by atoms with Crippen LogP contribution in [0.1, 0.15) is 26.2 Å². The maximum Gasteiger partial charge on any atom is 0.226 e. The lowest BCUT2D eigenvalue weighted by atomic mass is 10.2. The Hall–Kier alpha value is -1.75. The van der Waals surface area contributed by atoms with Crippen LogP contribution in [0.3, 0.4) is 0 Å². The van der Waals surface area contributed by atoms with E-state index in [2.05, 4.69) is 22.2 Å². The summed E-state index contributed by atoms with van der Waals surface area (Å²) in [5.74, 6) is 0.0266. The van der Waals surface area contributed by atoms with Crippen LogP contribution in [-0.4, -0.2) is 15.9 Å². The number of unbranched alkanes of at least 4 members (excludes halogenated alkanes) is 1. The second-order valence-corrected chi connectivity index (χ2v) is 4.76. The number of nitrogens with one attached hydrogen (secondary N) is 1. The van der Waals surface area contributed by atoms with Gasteiger partial charge in [-0.15, -0.1) is 11.3 Å². The van der Waals surface area contributed by atoms with Crippen molar-refractivity contribution < 1.29 is 4.79 Å². The molecule has 0 aliphatic rings. The molecule has 0 aliphatic heterocycles. The predicted molar refractivity (Wildman–Crippen MR) is 73.5 cm³/mol. The largest absolute Gasteiger partial charge is 0.302 e. The average Bonchev–Trinajstić information content (AvgIpc) is 2.86. The molecule has 18 heavy (non-hydrogen) atoms. The highest BCUT2D eigenvalue weighted by molar-refractivity contribution is 7.14. The molecule has 0 fully saturated rings. The second-order valence-electron chi connectivity index (χ2n) is 3.90. The number of nitrogens with zero attached hydrogens (tertiary/aromatic N) is 2. The molecule has 0 aliphatic carbocycles. The van der Waals surface area contributed by atoms with Crippen molar-refractivity contribution in [3.8, 4) is 11.4 Å². The first-order valence-electron chi connectivity index (χ1n) is 5.96. The molecule has 4 nitrogen and oxygen atoms in total. The highest BCUT2D eigenvalue weighted by Crippen LogP contribution is 2.23. The molecule has 5 heteroatoms. The minimum absolute atomic E-state index is 0.0266. The van der Waals surface area contributed by atoms with Gasteiger partial charge in [0, 0.05) is 18.0 Å². The predicted octanol–water partition coefficient (Wildman–Crippen LogP) is 3.33. The van der Waals surface area contributed by atoms with Gasteiger partial charge in [-0.1, -0.05) is 19.4 Å². The van der Waals surface area contributed by atoms with Crippen LogP contribution in [0.2, 0.25) is 0 Å². The van der Waals surface area contributed by atoms with Gasteiger partial charge in [0.1, 0.15) is 5.69 Å². The van der Waals surface area contributed by atoms with Crippen LogP contribution in [0, 0.1) is 0 Å². The lowest BCUT2D eigenvalue weighted by Crippen LogP contribution is -2.10. The molecule has 1 amide bonds. The minimum Gasteiger partial charge on any atom is -0.302 e. The number of thiazole rings is 1. The molecule has 2 aromatic heterocycles. The average molecular weight is 261 g/mol. The zero-order chi connectivity index (χ0) is 12.8. The lowest BCUT2D eigenvalue weighted by molar-refractivity contribution is -0.116. The number of carbonyl (C=O) groups excluding carboxylic acids is 1. The topological polar surface area (TPSA) is 54.9 Å².